The van der Waals surface area contributed by atoms with Crippen LogP contribution in [0.1, 0.15) is 6.42 Å². The predicted octanol–water partition coefficient (Wildman–Crippen LogP) is 5.66. The Morgan fingerprint density at radius 1 is 0.824 bits per heavy atom. The van der Waals surface area contributed by atoms with E-state index in [2.05, 4.69) is 47.2 Å². The summed E-state index contributed by atoms with van der Waals surface area (Å²) in [7, 11) is -3.93. The fourth-order valence-corrected chi connectivity index (χ4v) is 5.47. The molecule has 0 radical (unpaired) electrons. The Labute approximate surface area is 203 Å². The van der Waals surface area contributed by atoms with Crippen molar-refractivity contribution >= 4 is 38.5 Å². The normalized spacial score (nSPS) is 12.5. The highest BCUT2D eigenvalue weighted by Gasteiger charge is 2.25. The smallest absolute Gasteiger partial charge is 0.321 e. The second-order valence-corrected chi connectivity index (χ2v) is 10.7. The summed E-state index contributed by atoms with van der Waals surface area (Å²) in [5.41, 5.74) is 4.07. The molecule has 0 aromatic heterocycles. The summed E-state index contributed by atoms with van der Waals surface area (Å²) >= 11 is 1.47. The van der Waals surface area contributed by atoms with Crippen LogP contribution < -0.4 is 4.72 Å². The molecule has 34 heavy (non-hydrogen) atoms. The largest absolute Gasteiger partial charge is 0.480 e. The maximum atomic E-state index is 12.7. The van der Waals surface area contributed by atoms with Gasteiger partial charge < -0.3 is 5.11 Å². The molecule has 0 amide bonds. The molecule has 1 atom stereocenters. The second-order valence-electron chi connectivity index (χ2n) is 7.96. The molecule has 0 unspecified atom stereocenters. The summed E-state index contributed by atoms with van der Waals surface area (Å²) in [6.07, 6.45) is 2.07. The molecule has 4 rings (SSSR count). The molecule has 0 saturated heterocycles. The lowest BCUT2D eigenvalue weighted by Gasteiger charge is -2.14. The van der Waals surface area contributed by atoms with Crippen molar-refractivity contribution in [3.05, 3.63) is 91.0 Å². The Hall–Kier alpha value is -3.13. The average molecular weight is 492 g/mol. The lowest BCUT2D eigenvalue weighted by atomic mass is 9.98. The van der Waals surface area contributed by atoms with Gasteiger partial charge in [-0.2, -0.15) is 16.5 Å². The quantitative estimate of drug-likeness (QED) is 0.316. The third-order valence-electron chi connectivity index (χ3n) is 5.67. The Bertz CT molecular complexity index is 1400. The fourth-order valence-electron chi connectivity index (χ4n) is 3.77. The van der Waals surface area contributed by atoms with Gasteiger partial charge >= 0.3 is 5.97 Å². The monoisotopic (exact) mass is 491 g/mol. The minimum Gasteiger partial charge on any atom is -0.480 e. The molecule has 5 nitrogen and oxygen atoms in total. The number of carboxylic acids is 1. The van der Waals surface area contributed by atoms with Crippen molar-refractivity contribution in [1.29, 1.82) is 0 Å². The molecule has 7 heteroatoms. The summed E-state index contributed by atoms with van der Waals surface area (Å²) in [5, 5.41) is 11.7. The number of thioether (sulfide) groups is 1. The molecule has 0 heterocycles. The number of nitrogens with one attached hydrogen (secondary N) is 1. The van der Waals surface area contributed by atoms with Crippen LogP contribution in [0.25, 0.3) is 33.0 Å². The second kappa shape index (κ2) is 10.4. The van der Waals surface area contributed by atoms with Crippen LogP contribution in [0.5, 0.6) is 0 Å². The zero-order chi connectivity index (χ0) is 24.1. The highest BCUT2D eigenvalue weighted by atomic mass is 32.2. The molecule has 4 aromatic carbocycles. The zero-order valence-electron chi connectivity index (χ0n) is 18.6. The van der Waals surface area contributed by atoms with E-state index < -0.39 is 22.0 Å². The molecule has 0 aliphatic carbocycles. The van der Waals surface area contributed by atoms with Gasteiger partial charge in [-0.1, -0.05) is 72.8 Å². The topological polar surface area (TPSA) is 83.5 Å². The Morgan fingerprint density at radius 2 is 1.35 bits per heavy atom. The van der Waals surface area contributed by atoms with E-state index in [0.29, 0.717) is 5.75 Å². The Kier molecular flexibility index (Phi) is 7.36. The number of hydrogen-bond donors (Lipinski definition) is 2. The van der Waals surface area contributed by atoms with Crippen LogP contribution in [0, 0.1) is 0 Å². The molecule has 0 saturated carbocycles. The third-order valence-corrected chi connectivity index (χ3v) is 7.80. The van der Waals surface area contributed by atoms with Gasteiger partial charge in [0.15, 0.2) is 0 Å². The number of carboxylic acid groups (broad SMARTS) is 1. The molecular formula is C27H25NO4S2. The average Bonchev–Trinajstić information content (AvgIpc) is 2.86. The minimum absolute atomic E-state index is 0.0411. The summed E-state index contributed by atoms with van der Waals surface area (Å²) in [4.78, 5) is 11.5. The first kappa shape index (κ1) is 24.0. The highest BCUT2D eigenvalue weighted by molar-refractivity contribution is 7.98. The molecule has 4 aromatic rings. The molecular weight excluding hydrogens is 466 g/mol. The van der Waals surface area contributed by atoms with Crippen molar-refractivity contribution in [1.82, 2.24) is 4.72 Å². The van der Waals surface area contributed by atoms with Crippen molar-refractivity contribution in [3.8, 4) is 22.3 Å². The highest BCUT2D eigenvalue weighted by Crippen LogP contribution is 2.28. The number of aliphatic carboxylic acids is 1. The zero-order valence-corrected chi connectivity index (χ0v) is 20.3. The van der Waals surface area contributed by atoms with Crippen molar-refractivity contribution in [2.24, 2.45) is 0 Å². The van der Waals surface area contributed by atoms with Gasteiger partial charge in [0.2, 0.25) is 10.0 Å². The van der Waals surface area contributed by atoms with Crippen LogP contribution in [-0.4, -0.2) is 37.5 Å². The molecule has 0 aliphatic heterocycles. The Balaban J connectivity index is 1.51. The first-order chi connectivity index (χ1) is 16.4. The van der Waals surface area contributed by atoms with Gasteiger partial charge in [0.1, 0.15) is 6.04 Å². The van der Waals surface area contributed by atoms with E-state index in [4.69, 9.17) is 0 Å². The van der Waals surface area contributed by atoms with Gasteiger partial charge in [-0.15, -0.1) is 0 Å². The van der Waals surface area contributed by atoms with E-state index >= 15 is 0 Å². The first-order valence-electron chi connectivity index (χ1n) is 10.8. The van der Waals surface area contributed by atoms with Crippen LogP contribution >= 0.6 is 11.8 Å². The van der Waals surface area contributed by atoms with Crippen LogP contribution in [-0.2, 0) is 14.8 Å². The van der Waals surface area contributed by atoms with Crippen molar-refractivity contribution in [3.63, 3.8) is 0 Å². The maximum absolute atomic E-state index is 12.7. The predicted molar refractivity (Wildman–Crippen MR) is 140 cm³/mol. The fraction of sp³-hybridized carbons (Fsp3) is 0.148. The molecule has 0 fully saturated rings. The number of fused-ring (bicyclic) bond motifs is 1. The molecule has 2 N–H and O–H groups in total. The van der Waals surface area contributed by atoms with Crippen LogP contribution in [0.4, 0.5) is 0 Å². The van der Waals surface area contributed by atoms with Crippen molar-refractivity contribution in [2.45, 2.75) is 17.4 Å². The van der Waals surface area contributed by atoms with E-state index in [1.807, 2.05) is 30.5 Å². The number of sulfonamides is 1. The maximum Gasteiger partial charge on any atom is 0.321 e. The van der Waals surface area contributed by atoms with E-state index in [-0.39, 0.29) is 11.3 Å². The third kappa shape index (κ3) is 5.50. The van der Waals surface area contributed by atoms with E-state index in [9.17, 15) is 18.3 Å². The first-order valence-corrected chi connectivity index (χ1v) is 13.7. The summed E-state index contributed by atoms with van der Waals surface area (Å²) in [5.74, 6) is -0.631. The van der Waals surface area contributed by atoms with Crippen molar-refractivity contribution < 1.29 is 18.3 Å². The summed E-state index contributed by atoms with van der Waals surface area (Å²) in [6.45, 7) is 0. The van der Waals surface area contributed by atoms with Crippen LogP contribution in [0.3, 0.4) is 0 Å². The lowest BCUT2D eigenvalue weighted by molar-refractivity contribution is -0.139. The number of rotatable bonds is 9. The van der Waals surface area contributed by atoms with Gasteiger partial charge in [-0.05, 0) is 69.7 Å². The van der Waals surface area contributed by atoms with Gasteiger partial charge in [0, 0.05) is 0 Å². The van der Waals surface area contributed by atoms with Gasteiger partial charge in [-0.25, -0.2) is 8.42 Å². The van der Waals surface area contributed by atoms with Crippen molar-refractivity contribution in [2.75, 3.05) is 12.0 Å². The van der Waals surface area contributed by atoms with Crippen LogP contribution in [0.2, 0.25) is 0 Å². The SMILES string of the molecule is CSCC[C@H](NS(=O)(=O)c1ccc(-c2ccc(-c3ccc4ccccc4c3)cc2)cc1)C(=O)O. The number of carbonyl (C=O) groups is 1. The van der Waals surface area contributed by atoms with Gasteiger partial charge in [-0.3, -0.25) is 4.79 Å². The van der Waals surface area contributed by atoms with Gasteiger partial charge in [0.05, 0.1) is 4.90 Å². The van der Waals surface area contributed by atoms with Crippen LogP contribution in [0.15, 0.2) is 95.9 Å². The molecule has 174 valence electrons. The van der Waals surface area contributed by atoms with E-state index in [1.165, 1.54) is 34.7 Å². The van der Waals surface area contributed by atoms with E-state index in [0.717, 1.165) is 22.3 Å². The summed E-state index contributed by atoms with van der Waals surface area (Å²) in [6, 6.07) is 28.1. The molecule has 0 aliphatic rings. The number of benzene rings is 4. The Morgan fingerprint density at radius 3 is 1.94 bits per heavy atom. The lowest BCUT2D eigenvalue weighted by Crippen LogP contribution is -2.41. The standard InChI is InChI=1S/C27H25NO4S2/c1-33-17-16-26(27(29)30)28-34(31,32)25-14-12-21(13-15-25)20-6-8-22(9-7-20)24-11-10-19-4-2-3-5-23(19)18-24/h2-15,18,26,28H,16-17H2,1H3,(H,29,30)/t26-/m0/s1. The minimum atomic E-state index is -3.93. The number of hydrogen-bond acceptors (Lipinski definition) is 4. The summed E-state index contributed by atoms with van der Waals surface area (Å²) < 4.78 is 27.6. The molecule has 0 bridgehead atoms. The van der Waals surface area contributed by atoms with E-state index in [1.54, 1.807) is 12.1 Å². The molecule has 0 spiro atoms. The van der Waals surface area contributed by atoms with Gasteiger partial charge in [0.25, 0.3) is 0 Å².